The van der Waals surface area contributed by atoms with Crippen LogP contribution in [0.25, 0.3) is 0 Å². The molecular weight excluding hydrogens is 244 g/mol. The van der Waals surface area contributed by atoms with Crippen molar-refractivity contribution >= 4 is 21.2 Å². The van der Waals surface area contributed by atoms with Crippen molar-refractivity contribution in [2.75, 3.05) is 12.8 Å². The second-order valence-electron chi connectivity index (χ2n) is 3.90. The normalized spacial score (nSPS) is 13.9. The zero-order valence-corrected chi connectivity index (χ0v) is 11.5. The molecule has 4 nitrogen and oxygen atoms in total. The van der Waals surface area contributed by atoms with Gasteiger partial charge in [-0.1, -0.05) is 6.92 Å². The van der Waals surface area contributed by atoms with Crippen LogP contribution >= 0.6 is 11.3 Å². The highest BCUT2D eigenvalue weighted by Crippen LogP contribution is 2.21. The molecule has 6 heteroatoms. The van der Waals surface area contributed by atoms with Gasteiger partial charge in [0, 0.05) is 23.4 Å². The Labute approximate surface area is 101 Å². The third-order valence-electron chi connectivity index (χ3n) is 2.08. The number of nitrogens with zero attached hydrogens (tertiary/aromatic N) is 1. The molecule has 1 aromatic rings. The fourth-order valence-corrected chi connectivity index (χ4v) is 3.42. The number of aromatic nitrogens is 1. The molecule has 0 amide bonds. The molecule has 0 radical (unpaired) electrons. The van der Waals surface area contributed by atoms with Crippen LogP contribution in [0.3, 0.4) is 0 Å². The first-order chi connectivity index (χ1) is 7.42. The van der Waals surface area contributed by atoms with Crippen molar-refractivity contribution in [1.82, 2.24) is 10.3 Å². The van der Waals surface area contributed by atoms with Gasteiger partial charge in [-0.25, -0.2) is 13.4 Å². The van der Waals surface area contributed by atoms with Crippen LogP contribution in [-0.4, -0.2) is 26.2 Å². The maximum absolute atomic E-state index is 11.1. The summed E-state index contributed by atoms with van der Waals surface area (Å²) in [6.45, 7) is 5.13. The summed E-state index contributed by atoms with van der Waals surface area (Å²) in [5.41, 5.74) is 0. The van der Waals surface area contributed by atoms with Crippen molar-refractivity contribution in [2.45, 2.75) is 32.1 Å². The molecule has 0 aliphatic rings. The number of rotatable bonds is 6. The molecular formula is C10H18N2O2S2. The smallest absolute Gasteiger partial charge is 0.153 e. The molecule has 0 saturated heterocycles. The first kappa shape index (κ1) is 13.6. The predicted molar refractivity (Wildman–Crippen MR) is 67.4 cm³/mol. The third kappa shape index (κ3) is 4.59. The van der Waals surface area contributed by atoms with E-state index in [0.29, 0.717) is 5.01 Å². The summed E-state index contributed by atoms with van der Waals surface area (Å²) in [5.74, 6) is 0.0398. The van der Waals surface area contributed by atoms with Crippen molar-refractivity contribution in [3.05, 3.63) is 16.1 Å². The molecule has 0 spiro atoms. The Hall–Kier alpha value is -0.460. The number of sulfone groups is 1. The van der Waals surface area contributed by atoms with E-state index in [4.69, 9.17) is 0 Å². The molecule has 0 bridgehead atoms. The lowest BCUT2D eigenvalue weighted by Gasteiger charge is -2.09. The van der Waals surface area contributed by atoms with Crippen molar-refractivity contribution in [3.63, 3.8) is 0 Å². The van der Waals surface area contributed by atoms with Gasteiger partial charge in [0.2, 0.25) is 0 Å². The van der Waals surface area contributed by atoms with Crippen LogP contribution in [0.15, 0.2) is 6.20 Å². The molecule has 1 unspecified atom stereocenters. The van der Waals surface area contributed by atoms with E-state index in [1.807, 2.05) is 0 Å². The Balaban J connectivity index is 2.64. The van der Waals surface area contributed by atoms with Gasteiger partial charge in [-0.2, -0.15) is 0 Å². The molecule has 0 aliphatic heterocycles. The Kier molecular flexibility index (Phi) is 4.89. The second kappa shape index (κ2) is 5.75. The van der Waals surface area contributed by atoms with Gasteiger partial charge in [-0.3, -0.25) is 0 Å². The lowest BCUT2D eigenvalue weighted by atomic mass is 10.3. The monoisotopic (exact) mass is 262 g/mol. The summed E-state index contributed by atoms with van der Waals surface area (Å²) in [4.78, 5) is 5.22. The Morgan fingerprint density at radius 1 is 1.56 bits per heavy atom. The van der Waals surface area contributed by atoms with E-state index >= 15 is 0 Å². The molecule has 0 aliphatic carbocycles. The molecule has 0 saturated carbocycles. The number of thiazole rings is 1. The predicted octanol–water partition coefficient (Wildman–Crippen LogP) is 1.75. The first-order valence-electron chi connectivity index (χ1n) is 5.28. The topological polar surface area (TPSA) is 59.1 Å². The second-order valence-corrected chi connectivity index (χ2v) is 7.19. The van der Waals surface area contributed by atoms with E-state index in [0.717, 1.165) is 17.8 Å². The van der Waals surface area contributed by atoms with Crippen LogP contribution in [0.2, 0.25) is 0 Å². The molecule has 1 N–H and O–H groups in total. The molecule has 1 aromatic heterocycles. The van der Waals surface area contributed by atoms with E-state index < -0.39 is 9.84 Å². The molecule has 0 fully saturated rings. The molecule has 1 atom stereocenters. The summed E-state index contributed by atoms with van der Waals surface area (Å²) in [7, 11) is -2.98. The Bertz CT molecular complexity index is 426. The number of hydrogen-bond donors (Lipinski definition) is 1. The van der Waals surface area contributed by atoms with Gasteiger partial charge in [0.05, 0.1) is 0 Å². The van der Waals surface area contributed by atoms with Gasteiger partial charge in [0.25, 0.3) is 0 Å². The highest BCUT2D eigenvalue weighted by atomic mass is 32.2. The molecule has 0 aromatic carbocycles. The maximum atomic E-state index is 11.1. The average Bonchev–Trinajstić information content (AvgIpc) is 2.59. The minimum Gasteiger partial charge on any atom is -0.309 e. The third-order valence-corrected chi connectivity index (χ3v) is 4.24. The quantitative estimate of drug-likeness (QED) is 0.848. The van der Waals surface area contributed by atoms with Crippen LogP contribution < -0.4 is 5.32 Å². The zero-order valence-electron chi connectivity index (χ0n) is 9.86. The minimum absolute atomic E-state index is 0.0398. The molecule has 1 rings (SSSR count). The van der Waals surface area contributed by atoms with E-state index in [9.17, 15) is 8.42 Å². The van der Waals surface area contributed by atoms with Gasteiger partial charge in [-0.05, 0) is 19.9 Å². The molecule has 16 heavy (non-hydrogen) atoms. The van der Waals surface area contributed by atoms with Crippen LogP contribution in [0.4, 0.5) is 0 Å². The SMILES string of the molecule is CCCNC(C)c1cnc(CS(C)(=O)=O)s1. The fourth-order valence-electron chi connectivity index (χ4n) is 1.28. The van der Waals surface area contributed by atoms with E-state index in [-0.39, 0.29) is 11.8 Å². The van der Waals surface area contributed by atoms with Crippen molar-refractivity contribution in [1.29, 1.82) is 0 Å². The summed E-state index contributed by atoms with van der Waals surface area (Å²) >= 11 is 1.47. The highest BCUT2D eigenvalue weighted by Gasteiger charge is 2.12. The average molecular weight is 262 g/mol. The summed E-state index contributed by atoms with van der Waals surface area (Å²) < 4.78 is 22.2. The Morgan fingerprint density at radius 3 is 2.81 bits per heavy atom. The maximum Gasteiger partial charge on any atom is 0.153 e. The highest BCUT2D eigenvalue weighted by molar-refractivity contribution is 7.90. The summed E-state index contributed by atoms with van der Waals surface area (Å²) in [6.07, 6.45) is 4.07. The van der Waals surface area contributed by atoms with Crippen LogP contribution in [-0.2, 0) is 15.6 Å². The van der Waals surface area contributed by atoms with Crippen molar-refractivity contribution in [3.8, 4) is 0 Å². The first-order valence-corrected chi connectivity index (χ1v) is 8.15. The van der Waals surface area contributed by atoms with E-state index in [1.165, 1.54) is 17.6 Å². The van der Waals surface area contributed by atoms with Crippen LogP contribution in [0.1, 0.15) is 36.2 Å². The van der Waals surface area contributed by atoms with Crippen molar-refractivity contribution < 1.29 is 8.42 Å². The lowest BCUT2D eigenvalue weighted by Crippen LogP contribution is -2.18. The van der Waals surface area contributed by atoms with Crippen molar-refractivity contribution in [2.24, 2.45) is 0 Å². The molecule has 92 valence electrons. The van der Waals surface area contributed by atoms with Gasteiger partial charge < -0.3 is 5.32 Å². The van der Waals surface area contributed by atoms with E-state index in [2.05, 4.69) is 24.1 Å². The zero-order chi connectivity index (χ0) is 12.2. The summed E-state index contributed by atoms with van der Waals surface area (Å²) in [6, 6.07) is 0.241. The minimum atomic E-state index is -2.98. The standard InChI is InChI=1S/C10H18N2O2S2/c1-4-5-11-8(2)9-6-12-10(15-9)7-16(3,13)14/h6,8,11H,4-5,7H2,1-3H3. The number of hydrogen-bond acceptors (Lipinski definition) is 5. The van der Waals surface area contributed by atoms with Gasteiger partial charge in [-0.15, -0.1) is 11.3 Å². The largest absolute Gasteiger partial charge is 0.309 e. The van der Waals surface area contributed by atoms with Gasteiger partial charge in [0.1, 0.15) is 10.8 Å². The van der Waals surface area contributed by atoms with Crippen LogP contribution in [0.5, 0.6) is 0 Å². The van der Waals surface area contributed by atoms with Crippen LogP contribution in [0, 0.1) is 0 Å². The van der Waals surface area contributed by atoms with Gasteiger partial charge in [0.15, 0.2) is 9.84 Å². The number of nitrogens with one attached hydrogen (secondary N) is 1. The Morgan fingerprint density at radius 2 is 2.25 bits per heavy atom. The fraction of sp³-hybridized carbons (Fsp3) is 0.700. The molecule has 1 heterocycles. The summed E-state index contributed by atoms with van der Waals surface area (Å²) in [5, 5.41) is 4.01. The lowest BCUT2D eigenvalue weighted by molar-refractivity contribution is 0.577. The van der Waals surface area contributed by atoms with Gasteiger partial charge >= 0.3 is 0 Å². The van der Waals surface area contributed by atoms with E-state index in [1.54, 1.807) is 6.20 Å².